The van der Waals surface area contributed by atoms with Gasteiger partial charge in [0.05, 0.1) is 6.61 Å². The number of unbranched alkanes of at least 4 members (excludes halogenated alkanes) is 3. The molecular formula is C35H61NO5S. The molecule has 0 aromatic heterocycles. The molecule has 42 heavy (non-hydrogen) atoms. The van der Waals surface area contributed by atoms with E-state index in [-0.39, 0.29) is 18.1 Å². The number of carbonyl (C=O) groups excluding carboxylic acids is 1. The Morgan fingerprint density at radius 2 is 1.79 bits per heavy atom. The van der Waals surface area contributed by atoms with E-state index < -0.39 is 22.1 Å². The number of amides is 1. The average Bonchev–Trinajstić information content (AvgIpc) is 3.29. The number of ether oxygens (including phenoxy) is 1. The van der Waals surface area contributed by atoms with Gasteiger partial charge in [-0.05, 0) is 97.7 Å². The first kappa shape index (κ1) is 33.8. The summed E-state index contributed by atoms with van der Waals surface area (Å²) in [4.78, 5) is 12.5. The Kier molecular flexibility index (Phi) is 11.5. The van der Waals surface area contributed by atoms with Gasteiger partial charge in [-0.3, -0.25) is 4.18 Å². The second-order valence-corrected chi connectivity index (χ2v) is 17.0. The van der Waals surface area contributed by atoms with Crippen molar-refractivity contribution >= 4 is 16.2 Å². The summed E-state index contributed by atoms with van der Waals surface area (Å²) in [6.07, 6.45) is 18.8. The number of hydrogen-bond acceptors (Lipinski definition) is 5. The lowest BCUT2D eigenvalue weighted by Gasteiger charge is -2.58. The zero-order valence-electron chi connectivity index (χ0n) is 27.6. The molecule has 4 aliphatic carbocycles. The van der Waals surface area contributed by atoms with E-state index in [0.717, 1.165) is 80.5 Å². The van der Waals surface area contributed by atoms with Crippen molar-refractivity contribution in [2.45, 2.75) is 144 Å². The predicted octanol–water partition coefficient (Wildman–Crippen LogP) is 9.01. The molecule has 0 bridgehead atoms. The van der Waals surface area contributed by atoms with Gasteiger partial charge in [0.25, 0.3) is 10.1 Å². The summed E-state index contributed by atoms with van der Waals surface area (Å²) in [5.74, 6) is 4.28. The Hall–Kier alpha value is -1.08. The highest BCUT2D eigenvalue weighted by molar-refractivity contribution is 7.86. The summed E-state index contributed by atoms with van der Waals surface area (Å²) in [5, 5.41) is 2.42. The number of carbonyl (C=O) groups is 1. The summed E-state index contributed by atoms with van der Waals surface area (Å²) in [6, 6.07) is 0. The van der Waals surface area contributed by atoms with Crippen LogP contribution >= 0.6 is 0 Å². The van der Waals surface area contributed by atoms with Crippen molar-refractivity contribution in [1.29, 1.82) is 0 Å². The number of alkyl carbamates (subject to hydrolysis) is 1. The lowest BCUT2D eigenvalue weighted by Crippen LogP contribution is -2.51. The van der Waals surface area contributed by atoms with Gasteiger partial charge in [0.2, 0.25) is 0 Å². The second kappa shape index (κ2) is 14.3. The molecule has 7 heteroatoms. The quantitative estimate of drug-likeness (QED) is 0.121. The molecule has 0 spiro atoms. The van der Waals surface area contributed by atoms with Crippen LogP contribution in [-0.2, 0) is 19.0 Å². The predicted molar refractivity (Wildman–Crippen MR) is 170 cm³/mol. The molecule has 4 unspecified atom stereocenters. The minimum atomic E-state index is -3.80. The van der Waals surface area contributed by atoms with E-state index in [4.69, 9.17) is 8.92 Å². The van der Waals surface area contributed by atoms with Crippen molar-refractivity contribution in [1.82, 2.24) is 5.32 Å². The van der Waals surface area contributed by atoms with Crippen molar-refractivity contribution < 1.29 is 22.1 Å². The molecule has 8 atom stereocenters. The maximum atomic E-state index is 12.5. The fourth-order valence-corrected chi connectivity index (χ4v) is 10.6. The smallest absolute Gasteiger partial charge is 0.408 e. The second-order valence-electron chi connectivity index (χ2n) is 15.3. The summed E-state index contributed by atoms with van der Waals surface area (Å²) < 4.78 is 35.1. The van der Waals surface area contributed by atoms with Crippen LogP contribution in [0.4, 0.5) is 4.79 Å². The molecule has 0 heterocycles. The summed E-state index contributed by atoms with van der Waals surface area (Å²) in [5.41, 5.74) is 2.14. The topological polar surface area (TPSA) is 81.7 Å². The zero-order valence-corrected chi connectivity index (χ0v) is 28.4. The van der Waals surface area contributed by atoms with Gasteiger partial charge in [0.15, 0.2) is 0 Å². The Labute approximate surface area is 257 Å². The first-order valence-electron chi connectivity index (χ1n) is 17.4. The first-order valence-corrected chi connectivity index (χ1v) is 19.0. The Balaban J connectivity index is 1.29. The first-order chi connectivity index (χ1) is 19.9. The molecular weight excluding hydrogens is 546 g/mol. The van der Waals surface area contributed by atoms with Gasteiger partial charge >= 0.3 is 6.09 Å². The summed E-state index contributed by atoms with van der Waals surface area (Å²) in [7, 11) is -3.80. The maximum Gasteiger partial charge on any atom is 0.408 e. The Morgan fingerprint density at radius 1 is 1.00 bits per heavy atom. The zero-order chi connectivity index (χ0) is 30.5. The summed E-state index contributed by atoms with van der Waals surface area (Å²) >= 11 is 0. The molecule has 3 saturated carbocycles. The number of fused-ring (bicyclic) bond motifs is 5. The van der Waals surface area contributed by atoms with Gasteiger partial charge in [-0.2, -0.15) is 8.42 Å². The Morgan fingerprint density at radius 3 is 2.52 bits per heavy atom. The third-order valence-electron chi connectivity index (χ3n) is 12.2. The number of nitrogens with one attached hydrogen (secondary N) is 1. The molecule has 4 rings (SSSR count). The van der Waals surface area contributed by atoms with Crippen LogP contribution in [-0.4, -0.2) is 33.1 Å². The molecule has 0 aromatic rings. The van der Waals surface area contributed by atoms with Gasteiger partial charge in [-0.1, -0.05) is 91.7 Å². The van der Waals surface area contributed by atoms with Gasteiger partial charge in [-0.25, -0.2) is 4.79 Å². The fourth-order valence-electron chi connectivity index (χ4n) is 9.85. The highest BCUT2D eigenvalue weighted by Crippen LogP contribution is 2.67. The SMILES string of the molecule is CCCCCCOS(=O)(=O)CNC(=O)OC1CC[C@@]2(C)C(=CCC3C2CC[C@@]2(C)C3CC[C@@H]2[C@H](C)CCCC(C)C)C1. The van der Waals surface area contributed by atoms with E-state index in [9.17, 15) is 13.2 Å². The van der Waals surface area contributed by atoms with Crippen molar-refractivity contribution in [3.63, 3.8) is 0 Å². The average molecular weight is 608 g/mol. The molecule has 6 nitrogen and oxygen atoms in total. The van der Waals surface area contributed by atoms with E-state index in [1.165, 1.54) is 50.5 Å². The van der Waals surface area contributed by atoms with Crippen LogP contribution in [0.2, 0.25) is 0 Å². The minimum absolute atomic E-state index is 0.161. The van der Waals surface area contributed by atoms with Crippen molar-refractivity contribution in [2.75, 3.05) is 12.5 Å². The van der Waals surface area contributed by atoms with Crippen LogP contribution in [0.5, 0.6) is 0 Å². The van der Waals surface area contributed by atoms with E-state index in [1.54, 1.807) is 0 Å². The Bertz CT molecular complexity index is 1040. The van der Waals surface area contributed by atoms with E-state index in [0.29, 0.717) is 11.8 Å². The molecule has 1 N–H and O–H groups in total. The van der Waals surface area contributed by atoms with Crippen LogP contribution in [0.1, 0.15) is 138 Å². The largest absolute Gasteiger partial charge is 0.446 e. The monoisotopic (exact) mass is 607 g/mol. The minimum Gasteiger partial charge on any atom is -0.446 e. The van der Waals surface area contributed by atoms with Gasteiger partial charge in [-0.15, -0.1) is 0 Å². The van der Waals surface area contributed by atoms with Crippen LogP contribution < -0.4 is 5.32 Å². The highest BCUT2D eigenvalue weighted by atomic mass is 32.2. The normalized spacial score (nSPS) is 35.1. The lowest BCUT2D eigenvalue weighted by molar-refractivity contribution is -0.0581. The van der Waals surface area contributed by atoms with Crippen molar-refractivity contribution in [2.24, 2.45) is 46.3 Å². The third-order valence-corrected chi connectivity index (χ3v) is 13.2. The molecule has 0 aromatic carbocycles. The van der Waals surface area contributed by atoms with E-state index >= 15 is 0 Å². The van der Waals surface area contributed by atoms with Gasteiger partial charge < -0.3 is 10.1 Å². The number of allylic oxidation sites excluding steroid dienone is 1. The highest BCUT2D eigenvalue weighted by Gasteiger charge is 2.59. The molecule has 1 amide bonds. The van der Waals surface area contributed by atoms with Crippen LogP contribution in [0.15, 0.2) is 11.6 Å². The molecule has 0 radical (unpaired) electrons. The van der Waals surface area contributed by atoms with Crippen molar-refractivity contribution in [3.8, 4) is 0 Å². The molecule has 0 aliphatic heterocycles. The lowest BCUT2D eigenvalue weighted by atomic mass is 9.47. The van der Waals surface area contributed by atoms with Gasteiger partial charge in [0.1, 0.15) is 12.0 Å². The van der Waals surface area contributed by atoms with E-state index in [1.807, 2.05) is 0 Å². The number of rotatable bonds is 14. The van der Waals surface area contributed by atoms with Crippen LogP contribution in [0, 0.1) is 46.3 Å². The van der Waals surface area contributed by atoms with Crippen LogP contribution in [0.25, 0.3) is 0 Å². The third kappa shape index (κ3) is 7.76. The molecule has 242 valence electrons. The summed E-state index contributed by atoms with van der Waals surface area (Å²) in [6.45, 7) is 14.6. The number of hydrogen-bond donors (Lipinski definition) is 1. The van der Waals surface area contributed by atoms with E-state index in [2.05, 4.69) is 52.9 Å². The fraction of sp³-hybridized carbons (Fsp3) is 0.914. The molecule has 4 aliphatic rings. The molecule has 0 saturated heterocycles. The van der Waals surface area contributed by atoms with Crippen molar-refractivity contribution in [3.05, 3.63) is 11.6 Å². The molecule has 3 fully saturated rings. The standard InChI is InChI=1S/C35H61NO5S/c1-7-8-9-10-22-40-42(38,39)24-36-33(37)41-28-18-20-34(5)27(23-28)14-15-29-31-17-16-30(26(4)13-11-12-25(2)3)35(31,6)21-19-32(29)34/h14,25-26,28-32H,7-13,15-24H2,1-6H3,(H,36,37)/t26-,28?,29?,30-,31?,32?,34+,35-/m1/s1. The van der Waals surface area contributed by atoms with Gasteiger partial charge in [0, 0.05) is 6.42 Å². The van der Waals surface area contributed by atoms with Crippen LogP contribution in [0.3, 0.4) is 0 Å². The maximum absolute atomic E-state index is 12.5.